The number of hydrogen-bond acceptors (Lipinski definition) is 6. The molecular weight excluding hydrogens is 520 g/mol. The van der Waals surface area contributed by atoms with E-state index in [0.29, 0.717) is 25.9 Å². The fourth-order valence-corrected chi connectivity index (χ4v) is 5.52. The zero-order chi connectivity index (χ0) is 29.8. The van der Waals surface area contributed by atoms with Gasteiger partial charge in [0.2, 0.25) is 0 Å². The molecule has 2 amide bonds. The second-order valence-electron chi connectivity index (χ2n) is 13.1. The summed E-state index contributed by atoms with van der Waals surface area (Å²) in [5.74, 6) is -0.718. The number of hydrogen-bond donors (Lipinski definition) is 1. The Kier molecular flexibility index (Phi) is 9.30. The standard InChI is InChI=1S/C33H44N2O6/c1-32(2,3)40-29(36)27(25-16-17-35(20-25)31(38)41-33(4,5)6)19-23-12-13-24-14-15-28(26(24)18-23)34-30(37)39-21-22-10-8-7-9-11-22/h7-13,18,25,27-28H,14-17,19-21H2,1-6H3,(H,34,37)/t25-,27-,28?/m0/s1. The summed E-state index contributed by atoms with van der Waals surface area (Å²) in [5, 5.41) is 3.02. The summed E-state index contributed by atoms with van der Waals surface area (Å²) in [6.07, 6.45) is 2.04. The minimum Gasteiger partial charge on any atom is -0.460 e. The highest BCUT2D eigenvalue weighted by Crippen LogP contribution is 2.35. The smallest absolute Gasteiger partial charge is 0.410 e. The largest absolute Gasteiger partial charge is 0.460 e. The maximum absolute atomic E-state index is 13.5. The Balaban J connectivity index is 1.45. The van der Waals surface area contributed by atoms with Crippen molar-refractivity contribution in [3.63, 3.8) is 0 Å². The fourth-order valence-electron chi connectivity index (χ4n) is 5.52. The van der Waals surface area contributed by atoms with Crippen molar-refractivity contribution >= 4 is 18.2 Å². The average molecular weight is 565 g/mol. The van der Waals surface area contributed by atoms with Gasteiger partial charge in [-0.3, -0.25) is 4.79 Å². The van der Waals surface area contributed by atoms with Crippen molar-refractivity contribution in [2.75, 3.05) is 13.1 Å². The molecule has 1 heterocycles. The van der Waals surface area contributed by atoms with Gasteiger partial charge >= 0.3 is 18.2 Å². The molecule has 0 spiro atoms. The highest BCUT2D eigenvalue weighted by atomic mass is 16.6. The number of aryl methyl sites for hydroxylation is 1. The Morgan fingerprint density at radius 3 is 2.32 bits per heavy atom. The van der Waals surface area contributed by atoms with Crippen molar-refractivity contribution in [1.82, 2.24) is 10.2 Å². The van der Waals surface area contributed by atoms with E-state index in [0.717, 1.165) is 29.5 Å². The number of benzene rings is 2. The van der Waals surface area contributed by atoms with Crippen molar-refractivity contribution in [3.05, 3.63) is 70.8 Å². The van der Waals surface area contributed by atoms with Gasteiger partial charge < -0.3 is 24.4 Å². The van der Waals surface area contributed by atoms with Crippen LogP contribution in [-0.4, -0.2) is 47.3 Å². The molecule has 8 heteroatoms. The van der Waals surface area contributed by atoms with Crippen LogP contribution in [0.4, 0.5) is 9.59 Å². The van der Waals surface area contributed by atoms with Crippen molar-refractivity contribution in [2.45, 2.75) is 91.1 Å². The van der Waals surface area contributed by atoms with Gasteiger partial charge in [0.25, 0.3) is 0 Å². The molecule has 1 aliphatic carbocycles. The molecular formula is C33H44N2O6. The molecule has 41 heavy (non-hydrogen) atoms. The molecule has 1 aliphatic heterocycles. The van der Waals surface area contributed by atoms with Crippen LogP contribution in [0.25, 0.3) is 0 Å². The Hall–Kier alpha value is -3.55. The van der Waals surface area contributed by atoms with E-state index >= 15 is 0 Å². The van der Waals surface area contributed by atoms with Crippen LogP contribution in [0.3, 0.4) is 0 Å². The predicted octanol–water partition coefficient (Wildman–Crippen LogP) is 6.36. The van der Waals surface area contributed by atoms with Gasteiger partial charge in [0.15, 0.2) is 0 Å². The number of amides is 2. The summed E-state index contributed by atoms with van der Waals surface area (Å²) in [6.45, 7) is 12.3. The number of carbonyl (C=O) groups is 3. The number of fused-ring (bicyclic) bond motifs is 1. The Labute approximate surface area is 243 Å². The number of alkyl carbamates (subject to hydrolysis) is 1. The van der Waals surface area contributed by atoms with Gasteiger partial charge in [-0.05, 0) is 95.4 Å². The van der Waals surface area contributed by atoms with Crippen molar-refractivity contribution in [1.29, 1.82) is 0 Å². The normalized spacial score (nSPS) is 19.3. The second-order valence-corrected chi connectivity index (χ2v) is 13.1. The SMILES string of the molecule is CC(C)(C)OC(=O)[C@@H](Cc1ccc2c(c1)C(NC(=O)OCc1ccccc1)CC2)[C@H]1CCN(C(=O)OC(C)(C)C)C1. The first-order chi connectivity index (χ1) is 19.3. The first-order valence-corrected chi connectivity index (χ1v) is 14.6. The molecule has 2 aromatic carbocycles. The number of likely N-dealkylation sites (tertiary alicyclic amines) is 1. The van der Waals surface area contributed by atoms with Crippen LogP contribution in [0.1, 0.15) is 82.7 Å². The third kappa shape index (κ3) is 8.72. The third-order valence-electron chi connectivity index (χ3n) is 7.40. The van der Waals surface area contributed by atoms with E-state index in [1.54, 1.807) is 4.90 Å². The topological polar surface area (TPSA) is 94.2 Å². The monoisotopic (exact) mass is 564 g/mol. The van der Waals surface area contributed by atoms with E-state index in [1.807, 2.05) is 71.9 Å². The maximum Gasteiger partial charge on any atom is 0.410 e. The van der Waals surface area contributed by atoms with Crippen molar-refractivity contribution in [2.24, 2.45) is 11.8 Å². The molecule has 0 radical (unpaired) electrons. The quantitative estimate of drug-likeness (QED) is 0.311. The summed E-state index contributed by atoms with van der Waals surface area (Å²) >= 11 is 0. The van der Waals surface area contributed by atoms with Gasteiger partial charge in [-0.2, -0.15) is 0 Å². The molecule has 0 saturated carbocycles. The third-order valence-corrected chi connectivity index (χ3v) is 7.40. The summed E-state index contributed by atoms with van der Waals surface area (Å²) in [7, 11) is 0. The predicted molar refractivity (Wildman–Crippen MR) is 156 cm³/mol. The summed E-state index contributed by atoms with van der Waals surface area (Å²) in [6, 6.07) is 15.7. The van der Waals surface area contributed by atoms with E-state index in [1.165, 1.54) is 5.56 Å². The zero-order valence-electron chi connectivity index (χ0n) is 25.2. The molecule has 2 aliphatic rings. The van der Waals surface area contributed by atoms with E-state index in [-0.39, 0.29) is 30.6 Å². The molecule has 3 atom stereocenters. The van der Waals surface area contributed by atoms with Gasteiger partial charge in [0.1, 0.15) is 17.8 Å². The van der Waals surface area contributed by atoms with E-state index in [4.69, 9.17) is 14.2 Å². The summed E-state index contributed by atoms with van der Waals surface area (Å²) in [5.41, 5.74) is 2.98. The maximum atomic E-state index is 13.5. The van der Waals surface area contributed by atoms with Gasteiger partial charge in [-0.25, -0.2) is 9.59 Å². The van der Waals surface area contributed by atoms with Crippen LogP contribution >= 0.6 is 0 Å². The molecule has 4 rings (SSSR count). The fraction of sp³-hybridized carbons (Fsp3) is 0.545. The lowest BCUT2D eigenvalue weighted by Gasteiger charge is -2.28. The van der Waals surface area contributed by atoms with Gasteiger partial charge in [-0.1, -0.05) is 48.5 Å². The molecule has 1 N–H and O–H groups in total. The summed E-state index contributed by atoms with van der Waals surface area (Å²) < 4.78 is 16.9. The Morgan fingerprint density at radius 2 is 1.63 bits per heavy atom. The van der Waals surface area contributed by atoms with Crippen LogP contribution in [-0.2, 0) is 38.5 Å². The van der Waals surface area contributed by atoms with E-state index in [2.05, 4.69) is 23.5 Å². The van der Waals surface area contributed by atoms with E-state index < -0.39 is 23.2 Å². The molecule has 0 aromatic heterocycles. The average Bonchev–Trinajstić information content (AvgIpc) is 3.52. The van der Waals surface area contributed by atoms with Crippen LogP contribution in [0, 0.1) is 11.8 Å². The minimum absolute atomic E-state index is 0.0486. The van der Waals surface area contributed by atoms with Crippen molar-refractivity contribution < 1.29 is 28.6 Å². The first kappa shape index (κ1) is 30.4. The lowest BCUT2D eigenvalue weighted by Crippen LogP contribution is -2.38. The molecule has 8 nitrogen and oxygen atoms in total. The number of ether oxygens (including phenoxy) is 3. The van der Waals surface area contributed by atoms with E-state index in [9.17, 15) is 14.4 Å². The highest BCUT2D eigenvalue weighted by Gasteiger charge is 2.39. The number of nitrogens with zero attached hydrogens (tertiary/aromatic N) is 1. The van der Waals surface area contributed by atoms with Crippen LogP contribution in [0.2, 0.25) is 0 Å². The molecule has 2 aromatic rings. The zero-order valence-corrected chi connectivity index (χ0v) is 25.2. The lowest BCUT2D eigenvalue weighted by atomic mass is 9.85. The minimum atomic E-state index is -0.619. The molecule has 1 saturated heterocycles. The van der Waals surface area contributed by atoms with Gasteiger partial charge in [0.05, 0.1) is 12.0 Å². The van der Waals surface area contributed by atoms with Crippen LogP contribution in [0.5, 0.6) is 0 Å². The van der Waals surface area contributed by atoms with Crippen LogP contribution in [0.15, 0.2) is 48.5 Å². The summed E-state index contributed by atoms with van der Waals surface area (Å²) in [4.78, 5) is 40.4. The lowest BCUT2D eigenvalue weighted by molar-refractivity contribution is -0.161. The van der Waals surface area contributed by atoms with Crippen LogP contribution < -0.4 is 5.32 Å². The second kappa shape index (κ2) is 12.5. The Bertz CT molecular complexity index is 1230. The first-order valence-electron chi connectivity index (χ1n) is 14.6. The number of nitrogens with one attached hydrogen (secondary N) is 1. The van der Waals surface area contributed by atoms with Crippen molar-refractivity contribution in [3.8, 4) is 0 Å². The Morgan fingerprint density at radius 1 is 0.927 bits per heavy atom. The number of esters is 1. The molecule has 1 unspecified atom stereocenters. The van der Waals surface area contributed by atoms with Gasteiger partial charge in [-0.15, -0.1) is 0 Å². The molecule has 1 fully saturated rings. The highest BCUT2D eigenvalue weighted by molar-refractivity contribution is 5.74. The van der Waals surface area contributed by atoms with Gasteiger partial charge in [0, 0.05) is 13.1 Å². The molecule has 0 bridgehead atoms. The molecule has 222 valence electrons. The number of carbonyl (C=O) groups excluding carboxylic acids is 3. The number of rotatable bonds is 7.